The lowest BCUT2D eigenvalue weighted by Gasteiger charge is -2.37. The van der Waals surface area contributed by atoms with Gasteiger partial charge in [0.2, 0.25) is 5.76 Å². The molecule has 0 atom stereocenters. The van der Waals surface area contributed by atoms with Crippen molar-refractivity contribution in [2.45, 2.75) is 6.54 Å². The zero-order chi connectivity index (χ0) is 21.1. The molecule has 1 aliphatic rings. The number of hydrogen-bond donors (Lipinski definition) is 1. The van der Waals surface area contributed by atoms with Crippen LogP contribution in [0.3, 0.4) is 0 Å². The number of benzene rings is 1. The van der Waals surface area contributed by atoms with Crippen LogP contribution in [-0.2, 0) is 6.54 Å². The van der Waals surface area contributed by atoms with Gasteiger partial charge in [-0.25, -0.2) is 9.48 Å². The fourth-order valence-corrected chi connectivity index (χ4v) is 3.51. The van der Waals surface area contributed by atoms with Crippen molar-refractivity contribution in [3.8, 4) is 5.75 Å². The van der Waals surface area contributed by atoms with Crippen LogP contribution in [0.1, 0.15) is 16.3 Å². The summed E-state index contributed by atoms with van der Waals surface area (Å²) in [6.45, 7) is 3.14. The molecule has 0 aliphatic carbocycles. The maximum absolute atomic E-state index is 12.2. The Kier molecular flexibility index (Phi) is 5.42. The Labute approximate surface area is 172 Å². The Morgan fingerprint density at radius 3 is 2.50 bits per heavy atom. The van der Waals surface area contributed by atoms with Gasteiger partial charge in [0.25, 0.3) is 5.56 Å². The first-order valence-electron chi connectivity index (χ1n) is 9.58. The average Bonchev–Trinajstić information content (AvgIpc) is 3.24. The maximum atomic E-state index is 12.2. The third-order valence-corrected chi connectivity index (χ3v) is 5.06. The number of ether oxygens (including phenoxy) is 1. The molecule has 0 bridgehead atoms. The van der Waals surface area contributed by atoms with Crippen molar-refractivity contribution >= 4 is 17.5 Å². The second-order valence-corrected chi connectivity index (χ2v) is 6.90. The molecule has 0 amide bonds. The molecular weight excluding hydrogens is 388 g/mol. The van der Waals surface area contributed by atoms with E-state index in [2.05, 4.69) is 14.9 Å². The van der Waals surface area contributed by atoms with E-state index in [1.54, 1.807) is 13.2 Å². The normalized spacial score (nSPS) is 14.0. The van der Waals surface area contributed by atoms with Crippen molar-refractivity contribution in [1.29, 1.82) is 0 Å². The van der Waals surface area contributed by atoms with Gasteiger partial charge in [0.15, 0.2) is 0 Å². The molecule has 0 saturated carbocycles. The van der Waals surface area contributed by atoms with Crippen LogP contribution < -0.4 is 20.1 Å². The Hall–Kier alpha value is -3.75. The molecule has 1 fully saturated rings. The molecule has 1 aliphatic heterocycles. The van der Waals surface area contributed by atoms with Crippen LogP contribution in [0.5, 0.6) is 5.75 Å². The fraction of sp³-hybridized carbons (Fsp3) is 0.286. The van der Waals surface area contributed by atoms with E-state index in [-0.39, 0.29) is 17.9 Å². The van der Waals surface area contributed by atoms with Crippen molar-refractivity contribution in [3.63, 3.8) is 0 Å². The van der Waals surface area contributed by atoms with E-state index >= 15 is 0 Å². The summed E-state index contributed by atoms with van der Waals surface area (Å²) >= 11 is 0. The molecule has 3 heterocycles. The highest BCUT2D eigenvalue weighted by molar-refractivity contribution is 5.84. The minimum absolute atomic E-state index is 0.0706. The summed E-state index contributed by atoms with van der Waals surface area (Å²) in [5.41, 5.74) is 0.782. The Morgan fingerprint density at radius 2 is 1.80 bits per heavy atom. The molecule has 4 rings (SSSR count). The van der Waals surface area contributed by atoms with Gasteiger partial charge in [-0.2, -0.15) is 5.10 Å². The van der Waals surface area contributed by atoms with Crippen LogP contribution >= 0.6 is 0 Å². The second kappa shape index (κ2) is 8.32. The largest absolute Gasteiger partial charge is 0.495 e. The molecule has 2 aromatic heterocycles. The monoisotopic (exact) mass is 410 g/mol. The molecule has 9 nitrogen and oxygen atoms in total. The Balaban J connectivity index is 1.47. The first-order chi connectivity index (χ1) is 14.5. The molecule has 1 N–H and O–H groups in total. The number of carboxylic acids is 1. The summed E-state index contributed by atoms with van der Waals surface area (Å²) in [4.78, 5) is 27.6. The number of anilines is 2. The summed E-state index contributed by atoms with van der Waals surface area (Å²) < 4.78 is 12.0. The third-order valence-electron chi connectivity index (χ3n) is 5.06. The second-order valence-electron chi connectivity index (χ2n) is 6.90. The molecular formula is C21H22N4O5. The average molecular weight is 410 g/mol. The summed E-state index contributed by atoms with van der Waals surface area (Å²) in [5, 5.41) is 13.4. The van der Waals surface area contributed by atoms with Gasteiger partial charge in [0, 0.05) is 32.2 Å². The zero-order valence-electron chi connectivity index (χ0n) is 16.5. The number of furan rings is 1. The predicted molar refractivity (Wildman–Crippen MR) is 111 cm³/mol. The lowest BCUT2D eigenvalue weighted by molar-refractivity contribution is 0.0660. The molecule has 156 valence electrons. The lowest BCUT2D eigenvalue weighted by atomic mass is 10.2. The highest BCUT2D eigenvalue weighted by Crippen LogP contribution is 2.28. The number of aromatic nitrogens is 2. The highest BCUT2D eigenvalue weighted by atomic mass is 16.5. The molecule has 30 heavy (non-hydrogen) atoms. The first kappa shape index (κ1) is 19.6. The lowest BCUT2D eigenvalue weighted by Crippen LogP contribution is -2.47. The van der Waals surface area contributed by atoms with Gasteiger partial charge in [0.05, 0.1) is 12.8 Å². The number of nitrogens with zero attached hydrogens (tertiary/aromatic N) is 4. The van der Waals surface area contributed by atoms with E-state index < -0.39 is 5.97 Å². The molecule has 9 heteroatoms. The van der Waals surface area contributed by atoms with Crippen molar-refractivity contribution in [2.24, 2.45) is 0 Å². The van der Waals surface area contributed by atoms with Crippen molar-refractivity contribution in [2.75, 3.05) is 43.1 Å². The third kappa shape index (κ3) is 4.00. The van der Waals surface area contributed by atoms with E-state index in [0.29, 0.717) is 11.6 Å². The molecule has 3 aromatic rings. The summed E-state index contributed by atoms with van der Waals surface area (Å²) in [6, 6.07) is 14.0. The van der Waals surface area contributed by atoms with E-state index in [9.17, 15) is 9.59 Å². The minimum atomic E-state index is -1.15. The number of rotatable bonds is 6. The number of methoxy groups -OCH3 is 1. The van der Waals surface area contributed by atoms with Gasteiger partial charge in [-0.3, -0.25) is 4.79 Å². The molecule has 1 aromatic carbocycles. The number of carboxylic acid groups (broad SMARTS) is 1. The number of hydrogen-bond acceptors (Lipinski definition) is 7. The predicted octanol–water partition coefficient (Wildman–Crippen LogP) is 1.92. The smallest absolute Gasteiger partial charge is 0.371 e. The van der Waals surface area contributed by atoms with E-state index in [1.807, 2.05) is 24.3 Å². The van der Waals surface area contributed by atoms with Crippen LogP contribution in [-0.4, -0.2) is 54.1 Å². The number of carbonyl (C=O) groups is 1. The quantitative estimate of drug-likeness (QED) is 0.658. The molecule has 0 radical (unpaired) electrons. The standard InChI is InChI=1S/C21H22N4O5/c1-29-17-5-3-2-4-16(17)23-10-12-24(13-11-23)19-8-9-20(26)25(22-19)14-15-6-7-18(30-15)21(27)28/h2-9H,10-14H2,1H3,(H,27,28). The summed E-state index contributed by atoms with van der Waals surface area (Å²) in [7, 11) is 1.67. The number of aromatic carboxylic acids is 1. The maximum Gasteiger partial charge on any atom is 0.371 e. The Bertz CT molecular complexity index is 1100. The first-order valence-corrected chi connectivity index (χ1v) is 9.58. The van der Waals surface area contributed by atoms with E-state index in [1.165, 1.54) is 22.9 Å². The summed E-state index contributed by atoms with van der Waals surface area (Å²) in [6.07, 6.45) is 0. The van der Waals surface area contributed by atoms with Gasteiger partial charge >= 0.3 is 5.97 Å². The van der Waals surface area contributed by atoms with Gasteiger partial charge < -0.3 is 24.1 Å². The van der Waals surface area contributed by atoms with E-state index in [4.69, 9.17) is 14.3 Å². The zero-order valence-corrected chi connectivity index (χ0v) is 16.5. The van der Waals surface area contributed by atoms with Crippen molar-refractivity contribution in [1.82, 2.24) is 9.78 Å². The SMILES string of the molecule is COc1ccccc1N1CCN(c2ccc(=O)n(Cc3ccc(C(=O)O)o3)n2)CC1. The fourth-order valence-electron chi connectivity index (χ4n) is 3.51. The van der Waals surface area contributed by atoms with Gasteiger partial charge in [-0.05, 0) is 30.3 Å². The van der Waals surface area contributed by atoms with E-state index in [0.717, 1.165) is 37.6 Å². The van der Waals surface area contributed by atoms with Crippen LogP contribution in [0.15, 0.2) is 57.7 Å². The van der Waals surface area contributed by atoms with Crippen molar-refractivity contribution in [3.05, 3.63) is 70.4 Å². The van der Waals surface area contributed by atoms with Crippen LogP contribution in [0.4, 0.5) is 11.5 Å². The van der Waals surface area contributed by atoms with Gasteiger partial charge in [-0.1, -0.05) is 12.1 Å². The number of piperazine rings is 1. The van der Waals surface area contributed by atoms with Crippen molar-refractivity contribution < 1.29 is 19.1 Å². The number of para-hydroxylation sites is 2. The van der Waals surface area contributed by atoms with Gasteiger partial charge in [-0.15, -0.1) is 0 Å². The topological polar surface area (TPSA) is 101 Å². The van der Waals surface area contributed by atoms with Crippen LogP contribution in [0, 0.1) is 0 Å². The molecule has 1 saturated heterocycles. The molecule has 0 spiro atoms. The highest BCUT2D eigenvalue weighted by Gasteiger charge is 2.21. The Morgan fingerprint density at radius 1 is 1.07 bits per heavy atom. The van der Waals surface area contributed by atoms with Crippen LogP contribution in [0.25, 0.3) is 0 Å². The minimum Gasteiger partial charge on any atom is -0.495 e. The summed E-state index contributed by atoms with van der Waals surface area (Å²) in [5.74, 6) is 0.584. The van der Waals surface area contributed by atoms with Gasteiger partial charge in [0.1, 0.15) is 23.9 Å². The molecule has 0 unspecified atom stereocenters. The van der Waals surface area contributed by atoms with Crippen LogP contribution in [0.2, 0.25) is 0 Å².